The normalized spacial score (nSPS) is 17.3. The first-order valence-electron chi connectivity index (χ1n) is 2.67. The van der Waals surface area contributed by atoms with E-state index in [4.69, 9.17) is 0 Å². The maximum absolute atomic E-state index is 11.8. The second-order valence-electron chi connectivity index (χ2n) is 2.19. The number of carbonyl (C=O) groups is 1. The van der Waals surface area contributed by atoms with E-state index in [1.807, 2.05) is 0 Å². The average molecular weight is 171 g/mol. The summed E-state index contributed by atoms with van der Waals surface area (Å²) in [6.07, 6.45) is -4.78. The smallest absolute Gasteiger partial charge is 0.416 e. The molecule has 0 radical (unpaired) electrons. The van der Waals surface area contributed by atoms with Gasteiger partial charge in [-0.05, 0) is 6.92 Å². The van der Waals surface area contributed by atoms with Crippen LogP contribution in [0, 0.1) is 0 Å². The highest BCUT2D eigenvalue weighted by Gasteiger charge is 2.54. The first kappa shape index (κ1) is 10.2. The highest BCUT2D eigenvalue weighted by Crippen LogP contribution is 2.28. The summed E-state index contributed by atoms with van der Waals surface area (Å²) in [4.78, 5) is 10.4. The van der Waals surface area contributed by atoms with Crippen LogP contribution in [0.3, 0.4) is 0 Å². The monoisotopic (exact) mass is 171 g/mol. The zero-order chi connectivity index (χ0) is 9.28. The van der Waals surface area contributed by atoms with Crippen LogP contribution in [0.15, 0.2) is 0 Å². The van der Waals surface area contributed by atoms with E-state index in [2.05, 4.69) is 10.5 Å². The van der Waals surface area contributed by atoms with Gasteiger partial charge < -0.3 is 10.5 Å². The van der Waals surface area contributed by atoms with Crippen LogP contribution in [0.2, 0.25) is 0 Å². The van der Waals surface area contributed by atoms with Crippen molar-refractivity contribution in [3.63, 3.8) is 0 Å². The Morgan fingerprint density at radius 1 is 1.45 bits per heavy atom. The van der Waals surface area contributed by atoms with Gasteiger partial charge in [-0.3, -0.25) is 0 Å². The van der Waals surface area contributed by atoms with Crippen molar-refractivity contribution in [1.82, 2.24) is 0 Å². The topological polar surface area (TPSA) is 52.3 Å². The molecule has 0 amide bonds. The van der Waals surface area contributed by atoms with Gasteiger partial charge in [0.05, 0.1) is 7.11 Å². The highest BCUT2D eigenvalue weighted by atomic mass is 19.4. The molecule has 2 N–H and O–H groups in total. The Labute approximate surface area is 61.3 Å². The maximum atomic E-state index is 11.8. The number of rotatable bonds is 1. The second kappa shape index (κ2) is 2.69. The minimum absolute atomic E-state index is 0.554. The van der Waals surface area contributed by atoms with Crippen LogP contribution in [0.5, 0.6) is 0 Å². The predicted octanol–water partition coefficient (Wildman–Crippen LogP) is 0.439. The van der Waals surface area contributed by atoms with E-state index in [9.17, 15) is 18.0 Å². The quantitative estimate of drug-likeness (QED) is 0.582. The van der Waals surface area contributed by atoms with Gasteiger partial charge in [0.25, 0.3) is 0 Å². The summed E-state index contributed by atoms with van der Waals surface area (Å²) in [7, 11) is 0.846. The minimum atomic E-state index is -4.78. The Balaban J connectivity index is 4.59. The molecule has 11 heavy (non-hydrogen) atoms. The molecule has 0 aromatic heterocycles. The summed E-state index contributed by atoms with van der Waals surface area (Å²) in [5.41, 5.74) is 1.73. The number of esters is 1. The van der Waals surface area contributed by atoms with Crippen molar-refractivity contribution in [2.24, 2.45) is 5.73 Å². The molecule has 1 atom stereocenters. The van der Waals surface area contributed by atoms with Crippen molar-refractivity contribution in [2.45, 2.75) is 18.6 Å². The summed E-state index contributed by atoms with van der Waals surface area (Å²) in [6, 6.07) is 0. The lowest BCUT2D eigenvalue weighted by Crippen LogP contribution is -2.57. The molecule has 0 aliphatic carbocycles. The number of hydrogen-bond acceptors (Lipinski definition) is 3. The molecule has 0 saturated carbocycles. The third kappa shape index (κ3) is 1.83. The van der Waals surface area contributed by atoms with Crippen molar-refractivity contribution in [2.75, 3.05) is 7.11 Å². The van der Waals surface area contributed by atoms with Gasteiger partial charge in [-0.15, -0.1) is 0 Å². The average Bonchev–Trinajstić information content (AvgIpc) is 1.83. The molecule has 66 valence electrons. The van der Waals surface area contributed by atoms with Crippen molar-refractivity contribution in [3.05, 3.63) is 0 Å². The molecule has 0 unspecified atom stereocenters. The lowest BCUT2D eigenvalue weighted by Gasteiger charge is -2.23. The predicted molar refractivity (Wildman–Crippen MR) is 30.7 cm³/mol. The molecule has 0 aromatic rings. The van der Waals surface area contributed by atoms with Gasteiger partial charge in [-0.2, -0.15) is 13.2 Å². The second-order valence-corrected chi connectivity index (χ2v) is 2.19. The summed E-state index contributed by atoms with van der Waals surface area (Å²) in [6.45, 7) is 0.554. The SMILES string of the molecule is COC(=O)[C@](C)(N)C(F)(F)F. The van der Waals surface area contributed by atoms with E-state index in [1.165, 1.54) is 0 Å². The van der Waals surface area contributed by atoms with Gasteiger partial charge in [-0.1, -0.05) is 0 Å². The summed E-state index contributed by atoms with van der Waals surface area (Å²) < 4.78 is 39.4. The fourth-order valence-electron chi connectivity index (χ4n) is 0.328. The Hall–Kier alpha value is -0.780. The van der Waals surface area contributed by atoms with Crippen LogP contribution in [0.25, 0.3) is 0 Å². The van der Waals surface area contributed by atoms with Gasteiger partial charge in [0.1, 0.15) is 0 Å². The van der Waals surface area contributed by atoms with Crippen molar-refractivity contribution < 1.29 is 22.7 Å². The Kier molecular flexibility index (Phi) is 2.50. The first-order chi connectivity index (χ1) is 4.73. The Morgan fingerprint density at radius 2 is 1.82 bits per heavy atom. The largest absolute Gasteiger partial charge is 0.467 e. The summed E-state index contributed by atoms with van der Waals surface area (Å²) in [5, 5.41) is 0. The fourth-order valence-corrected chi connectivity index (χ4v) is 0.328. The van der Waals surface area contributed by atoms with E-state index in [1.54, 1.807) is 0 Å². The van der Waals surface area contributed by atoms with Gasteiger partial charge >= 0.3 is 12.1 Å². The molecular weight excluding hydrogens is 163 g/mol. The van der Waals surface area contributed by atoms with Crippen molar-refractivity contribution in [1.29, 1.82) is 0 Å². The van der Waals surface area contributed by atoms with Crippen LogP contribution in [-0.2, 0) is 9.53 Å². The summed E-state index contributed by atoms with van der Waals surface area (Å²) >= 11 is 0. The van der Waals surface area contributed by atoms with E-state index >= 15 is 0 Å². The number of carbonyl (C=O) groups excluding carboxylic acids is 1. The van der Waals surface area contributed by atoms with Crippen molar-refractivity contribution in [3.8, 4) is 0 Å². The van der Waals surface area contributed by atoms with E-state index in [0.29, 0.717) is 6.92 Å². The third-order valence-electron chi connectivity index (χ3n) is 1.20. The van der Waals surface area contributed by atoms with Crippen molar-refractivity contribution >= 4 is 5.97 Å². The number of ether oxygens (including phenoxy) is 1. The zero-order valence-electron chi connectivity index (χ0n) is 6.03. The fraction of sp³-hybridized carbons (Fsp3) is 0.800. The van der Waals surface area contributed by atoms with Gasteiger partial charge in [0.15, 0.2) is 0 Å². The molecule has 0 fully saturated rings. The van der Waals surface area contributed by atoms with E-state index in [-0.39, 0.29) is 0 Å². The van der Waals surface area contributed by atoms with E-state index < -0.39 is 17.7 Å². The van der Waals surface area contributed by atoms with Gasteiger partial charge in [0, 0.05) is 0 Å². The van der Waals surface area contributed by atoms with Crippen LogP contribution < -0.4 is 5.73 Å². The number of nitrogens with two attached hydrogens (primary N) is 1. The molecule has 0 aromatic carbocycles. The van der Waals surface area contributed by atoms with Crippen LogP contribution in [0.1, 0.15) is 6.92 Å². The number of halogens is 3. The van der Waals surface area contributed by atoms with Crippen LogP contribution in [0.4, 0.5) is 13.2 Å². The number of alkyl halides is 3. The molecule has 0 bridgehead atoms. The summed E-state index contributed by atoms with van der Waals surface area (Å²) in [5.74, 6) is -1.50. The lowest BCUT2D eigenvalue weighted by atomic mass is 10.0. The molecule has 0 heterocycles. The number of hydrogen-bond donors (Lipinski definition) is 1. The molecule has 0 aliphatic heterocycles. The molecule has 0 spiro atoms. The van der Waals surface area contributed by atoms with E-state index in [0.717, 1.165) is 7.11 Å². The molecule has 0 saturated heterocycles. The molecule has 3 nitrogen and oxygen atoms in total. The third-order valence-corrected chi connectivity index (χ3v) is 1.20. The Morgan fingerprint density at radius 3 is 1.91 bits per heavy atom. The standard InChI is InChI=1S/C5H8F3NO2/c1-4(9,3(10)11-2)5(6,7)8/h9H2,1-2H3/t4-/m0/s1. The van der Waals surface area contributed by atoms with Gasteiger partial charge in [-0.25, -0.2) is 4.79 Å². The molecule has 0 aliphatic rings. The first-order valence-corrected chi connectivity index (χ1v) is 2.67. The molecular formula is C5H8F3NO2. The number of methoxy groups -OCH3 is 1. The maximum Gasteiger partial charge on any atom is 0.416 e. The highest BCUT2D eigenvalue weighted by molar-refractivity contribution is 5.80. The zero-order valence-corrected chi connectivity index (χ0v) is 6.03. The Bertz CT molecular complexity index is 164. The van der Waals surface area contributed by atoms with Gasteiger partial charge in [0.2, 0.25) is 5.54 Å². The molecule has 6 heteroatoms. The van der Waals surface area contributed by atoms with Crippen LogP contribution in [-0.4, -0.2) is 24.8 Å². The van der Waals surface area contributed by atoms with Crippen LogP contribution >= 0.6 is 0 Å². The minimum Gasteiger partial charge on any atom is -0.467 e. The lowest BCUT2D eigenvalue weighted by molar-refractivity contribution is -0.200. The molecule has 0 rings (SSSR count).